The van der Waals surface area contributed by atoms with E-state index in [1.54, 1.807) is 18.2 Å². The summed E-state index contributed by atoms with van der Waals surface area (Å²) in [6.45, 7) is 4.29. The molecule has 0 fully saturated rings. The molecule has 152 valence electrons. The number of pyridine rings is 1. The van der Waals surface area contributed by atoms with Gasteiger partial charge in [-0.2, -0.15) is 0 Å². The van der Waals surface area contributed by atoms with Crippen LogP contribution in [0.5, 0.6) is 0 Å². The molecule has 0 atom stereocenters. The topological polar surface area (TPSA) is 98.2 Å². The van der Waals surface area contributed by atoms with Crippen LogP contribution in [0.4, 0.5) is 10.2 Å². The summed E-state index contributed by atoms with van der Waals surface area (Å²) in [5, 5.41) is 11.9. The lowest BCUT2D eigenvalue weighted by Crippen LogP contribution is -2.12. The van der Waals surface area contributed by atoms with Crippen molar-refractivity contribution in [2.24, 2.45) is 5.73 Å². The van der Waals surface area contributed by atoms with E-state index in [4.69, 9.17) is 10.7 Å². The van der Waals surface area contributed by atoms with Gasteiger partial charge in [0.25, 0.3) is 5.91 Å². The van der Waals surface area contributed by atoms with Gasteiger partial charge in [-0.25, -0.2) is 9.37 Å². The molecule has 0 saturated carbocycles. The third-order valence-electron chi connectivity index (χ3n) is 4.92. The summed E-state index contributed by atoms with van der Waals surface area (Å²) in [6.07, 6.45) is 2.48. The van der Waals surface area contributed by atoms with Crippen molar-refractivity contribution in [2.45, 2.75) is 26.8 Å². The molecular weight excluding hydrogens is 383 g/mol. The summed E-state index contributed by atoms with van der Waals surface area (Å²) in [5.41, 5.74) is 9.77. The zero-order valence-corrected chi connectivity index (χ0v) is 16.7. The van der Waals surface area contributed by atoms with Crippen LogP contribution >= 0.6 is 0 Å². The lowest BCUT2D eigenvalue weighted by Gasteiger charge is -2.11. The Hall–Kier alpha value is -3.81. The second kappa shape index (κ2) is 7.90. The SMILES string of the molecule is CCc1nnc(-c2c(C)cc3c(C(N)=O)cccn23)nc1NCc1cccc(F)c1. The van der Waals surface area contributed by atoms with Gasteiger partial charge in [-0.3, -0.25) is 4.79 Å². The van der Waals surface area contributed by atoms with E-state index in [1.165, 1.54) is 12.1 Å². The Labute approximate surface area is 172 Å². The minimum atomic E-state index is -0.498. The summed E-state index contributed by atoms with van der Waals surface area (Å²) < 4.78 is 15.3. The van der Waals surface area contributed by atoms with Gasteiger partial charge in [-0.15, -0.1) is 10.2 Å². The number of primary amides is 1. The number of aryl methyl sites for hydroxylation is 2. The molecule has 4 aromatic rings. The number of hydrogen-bond acceptors (Lipinski definition) is 5. The molecule has 0 bridgehead atoms. The van der Waals surface area contributed by atoms with Crippen molar-refractivity contribution in [1.29, 1.82) is 0 Å². The van der Waals surface area contributed by atoms with Gasteiger partial charge < -0.3 is 15.5 Å². The number of benzene rings is 1. The standard InChI is InChI=1S/C22H21FN6O/c1-3-17-21(25-12-14-6-4-7-15(23)11-14)26-22(28-27-17)19-13(2)10-18-16(20(24)30)8-5-9-29(18)19/h4-11H,3,12H2,1-2H3,(H2,24,30)(H,25,26,28). The fourth-order valence-corrected chi connectivity index (χ4v) is 3.48. The molecule has 0 spiro atoms. The first-order valence-corrected chi connectivity index (χ1v) is 9.60. The predicted octanol–water partition coefficient (Wildman–Crippen LogP) is 3.51. The number of rotatable bonds is 6. The summed E-state index contributed by atoms with van der Waals surface area (Å²) in [6, 6.07) is 11.7. The lowest BCUT2D eigenvalue weighted by atomic mass is 10.2. The van der Waals surface area contributed by atoms with Crippen LogP contribution in [-0.4, -0.2) is 25.5 Å². The van der Waals surface area contributed by atoms with Gasteiger partial charge in [0.2, 0.25) is 5.82 Å². The molecule has 3 heterocycles. The van der Waals surface area contributed by atoms with Crippen molar-refractivity contribution in [3.05, 3.63) is 76.9 Å². The average Bonchev–Trinajstić information content (AvgIpc) is 3.07. The molecule has 7 nitrogen and oxygen atoms in total. The van der Waals surface area contributed by atoms with Crippen molar-refractivity contribution >= 4 is 17.2 Å². The van der Waals surface area contributed by atoms with Gasteiger partial charge >= 0.3 is 0 Å². The average molecular weight is 404 g/mol. The zero-order valence-electron chi connectivity index (χ0n) is 16.7. The summed E-state index contributed by atoms with van der Waals surface area (Å²) >= 11 is 0. The number of carbonyl (C=O) groups excluding carboxylic acids is 1. The first kappa shape index (κ1) is 19.5. The van der Waals surface area contributed by atoms with Crippen LogP contribution in [0.1, 0.15) is 34.1 Å². The van der Waals surface area contributed by atoms with Crippen LogP contribution < -0.4 is 11.1 Å². The number of nitrogens with zero attached hydrogens (tertiary/aromatic N) is 4. The quantitative estimate of drug-likeness (QED) is 0.512. The van der Waals surface area contributed by atoms with Crippen LogP contribution in [0.15, 0.2) is 48.7 Å². The van der Waals surface area contributed by atoms with Gasteiger partial charge in [0.1, 0.15) is 11.5 Å². The molecule has 0 aliphatic rings. The van der Waals surface area contributed by atoms with Gasteiger partial charge in [-0.1, -0.05) is 19.1 Å². The van der Waals surface area contributed by atoms with Crippen LogP contribution in [-0.2, 0) is 13.0 Å². The number of fused-ring (bicyclic) bond motifs is 1. The Kier molecular flexibility index (Phi) is 5.14. The van der Waals surface area contributed by atoms with Crippen LogP contribution in [0.25, 0.3) is 17.0 Å². The van der Waals surface area contributed by atoms with E-state index < -0.39 is 5.91 Å². The highest BCUT2D eigenvalue weighted by molar-refractivity contribution is 6.00. The summed E-state index contributed by atoms with van der Waals surface area (Å²) in [4.78, 5) is 16.5. The fraction of sp³-hybridized carbons (Fsp3) is 0.182. The van der Waals surface area contributed by atoms with Gasteiger partial charge in [0, 0.05) is 12.7 Å². The minimum absolute atomic E-state index is 0.285. The smallest absolute Gasteiger partial charge is 0.250 e. The molecule has 8 heteroatoms. The number of hydrogen-bond donors (Lipinski definition) is 2. The minimum Gasteiger partial charge on any atom is -0.366 e. The largest absolute Gasteiger partial charge is 0.366 e. The van der Waals surface area contributed by atoms with E-state index in [1.807, 2.05) is 36.6 Å². The van der Waals surface area contributed by atoms with E-state index in [2.05, 4.69) is 15.5 Å². The molecule has 0 unspecified atom stereocenters. The Balaban J connectivity index is 1.75. The second-order valence-corrected chi connectivity index (χ2v) is 6.99. The van der Waals surface area contributed by atoms with Gasteiger partial charge in [0.15, 0.2) is 5.82 Å². The second-order valence-electron chi connectivity index (χ2n) is 6.99. The molecule has 1 amide bonds. The number of anilines is 1. The van der Waals surface area contributed by atoms with Crippen molar-refractivity contribution in [1.82, 2.24) is 19.6 Å². The maximum absolute atomic E-state index is 13.5. The Morgan fingerprint density at radius 2 is 2.03 bits per heavy atom. The van der Waals surface area contributed by atoms with Crippen molar-refractivity contribution in [3.8, 4) is 11.5 Å². The molecule has 3 N–H and O–H groups in total. The predicted molar refractivity (Wildman–Crippen MR) is 113 cm³/mol. The third-order valence-corrected chi connectivity index (χ3v) is 4.92. The fourth-order valence-electron chi connectivity index (χ4n) is 3.48. The first-order chi connectivity index (χ1) is 14.5. The summed E-state index contributed by atoms with van der Waals surface area (Å²) in [7, 11) is 0. The van der Waals surface area contributed by atoms with Crippen molar-refractivity contribution in [2.75, 3.05) is 5.32 Å². The molecular formula is C22H21FN6O. The molecule has 0 aliphatic heterocycles. The van der Waals surface area contributed by atoms with E-state index in [9.17, 15) is 9.18 Å². The molecule has 30 heavy (non-hydrogen) atoms. The zero-order chi connectivity index (χ0) is 21.3. The number of carbonyl (C=O) groups is 1. The van der Waals surface area contributed by atoms with Gasteiger partial charge in [-0.05, 0) is 54.8 Å². The van der Waals surface area contributed by atoms with E-state index in [-0.39, 0.29) is 5.82 Å². The third kappa shape index (κ3) is 3.59. The lowest BCUT2D eigenvalue weighted by molar-refractivity contribution is 0.100. The Bertz CT molecular complexity index is 1250. The number of amides is 1. The maximum atomic E-state index is 13.5. The van der Waals surface area contributed by atoms with Gasteiger partial charge in [0.05, 0.1) is 16.8 Å². The van der Waals surface area contributed by atoms with Crippen molar-refractivity contribution < 1.29 is 9.18 Å². The molecule has 1 aromatic carbocycles. The first-order valence-electron chi connectivity index (χ1n) is 9.60. The highest BCUT2D eigenvalue weighted by atomic mass is 19.1. The van der Waals surface area contributed by atoms with E-state index >= 15 is 0 Å². The van der Waals surface area contributed by atoms with E-state index in [0.29, 0.717) is 41.4 Å². The highest BCUT2D eigenvalue weighted by Gasteiger charge is 2.18. The highest BCUT2D eigenvalue weighted by Crippen LogP contribution is 2.27. The number of nitrogens with one attached hydrogen (secondary N) is 1. The molecule has 4 rings (SSSR count). The van der Waals surface area contributed by atoms with Crippen molar-refractivity contribution in [3.63, 3.8) is 0 Å². The van der Waals surface area contributed by atoms with Crippen LogP contribution in [0, 0.1) is 12.7 Å². The number of nitrogens with two attached hydrogens (primary N) is 1. The Morgan fingerprint density at radius 3 is 2.77 bits per heavy atom. The molecule has 0 radical (unpaired) electrons. The maximum Gasteiger partial charge on any atom is 0.250 e. The van der Waals surface area contributed by atoms with Crippen LogP contribution in [0.2, 0.25) is 0 Å². The molecule has 3 aromatic heterocycles. The van der Waals surface area contributed by atoms with E-state index in [0.717, 1.165) is 16.8 Å². The molecule has 0 saturated heterocycles. The number of halogens is 1. The Morgan fingerprint density at radius 1 is 1.20 bits per heavy atom. The summed E-state index contributed by atoms with van der Waals surface area (Å²) in [5.74, 6) is 0.231. The molecule has 0 aliphatic carbocycles. The monoisotopic (exact) mass is 404 g/mol. The normalized spacial score (nSPS) is 11.0. The van der Waals surface area contributed by atoms with Crippen LogP contribution in [0.3, 0.4) is 0 Å². The number of aromatic nitrogens is 4.